The zero-order chi connectivity index (χ0) is 12.7. The van der Waals surface area contributed by atoms with Gasteiger partial charge in [-0.3, -0.25) is 0 Å². The Bertz CT molecular complexity index is 642. The molecule has 0 amide bonds. The van der Waals surface area contributed by atoms with Crippen LogP contribution in [0.4, 0.5) is 0 Å². The maximum atomic E-state index is 11.9. The lowest BCUT2D eigenvalue weighted by Crippen LogP contribution is -2.07. The number of rotatable bonds is 0. The number of ether oxygens (including phenoxy) is 2. The Kier molecular flexibility index (Phi) is 2.16. The molecule has 0 radical (unpaired) electrons. The minimum absolute atomic E-state index is 0.309. The lowest BCUT2D eigenvalue weighted by atomic mass is 10.00. The van der Waals surface area contributed by atoms with Crippen LogP contribution < -0.4 is 0 Å². The molecule has 0 atom stereocenters. The van der Waals surface area contributed by atoms with Crippen LogP contribution in [-0.4, -0.2) is 11.9 Å². The monoisotopic (exact) mass is 240 g/mol. The van der Waals surface area contributed by atoms with Crippen LogP contribution in [0, 0.1) is 0 Å². The van der Waals surface area contributed by atoms with Gasteiger partial charge in [0.25, 0.3) is 5.95 Å². The summed E-state index contributed by atoms with van der Waals surface area (Å²) in [6, 6.07) is 10.2. The molecule has 0 N–H and O–H groups in total. The summed E-state index contributed by atoms with van der Waals surface area (Å²) in [5, 5.41) is 1.32. The van der Waals surface area contributed by atoms with Gasteiger partial charge in [-0.15, -0.1) is 0 Å². The first-order valence-corrected chi connectivity index (χ1v) is 5.32. The Balaban J connectivity index is 2.41. The zero-order valence-electron chi connectivity index (χ0n) is 9.30. The van der Waals surface area contributed by atoms with Crippen LogP contribution in [-0.2, 0) is 9.47 Å². The van der Waals surface area contributed by atoms with Crippen molar-refractivity contribution in [1.29, 1.82) is 0 Å². The predicted molar refractivity (Wildman–Crippen MR) is 63.9 cm³/mol. The maximum absolute atomic E-state index is 11.9. The second-order valence-corrected chi connectivity index (χ2v) is 3.86. The molecule has 2 heterocycles. The first-order chi connectivity index (χ1) is 8.66. The molecule has 2 bridgehead atoms. The van der Waals surface area contributed by atoms with Gasteiger partial charge in [0.05, 0.1) is 11.1 Å². The summed E-state index contributed by atoms with van der Waals surface area (Å²) in [5.74, 6) is -1.48. The third kappa shape index (κ3) is 1.47. The van der Waals surface area contributed by atoms with E-state index in [0.29, 0.717) is 21.9 Å². The minimum Gasteiger partial charge on any atom is -0.389 e. The lowest BCUT2D eigenvalue weighted by Gasteiger charge is -2.04. The maximum Gasteiger partial charge on any atom is 0.346 e. The molecule has 0 aliphatic carbocycles. The summed E-state index contributed by atoms with van der Waals surface area (Å²) in [7, 11) is 0. The number of benzene rings is 2. The van der Waals surface area contributed by atoms with E-state index < -0.39 is 11.9 Å². The highest BCUT2D eigenvalue weighted by Gasteiger charge is 2.22. The fraction of sp³-hybridized carbons (Fsp3) is 0. The van der Waals surface area contributed by atoms with E-state index >= 15 is 0 Å². The molecule has 18 heavy (non-hydrogen) atoms. The molecule has 0 aromatic heterocycles. The third-order valence-corrected chi connectivity index (χ3v) is 2.78. The molecule has 0 unspecified atom stereocenters. The molecule has 88 valence electrons. The van der Waals surface area contributed by atoms with Crippen LogP contribution in [0.1, 0.15) is 20.7 Å². The number of carbonyl (C=O) groups is 2. The first-order valence-electron chi connectivity index (χ1n) is 5.32. The number of fused-ring (bicyclic) bond motifs is 5. The standard InChI is InChI=1S/C14H8O4/c1-8-17-13(15)11-6-7-12(14(16)18-8)10-5-3-2-4-9(10)11/h2-7H,1H2. The van der Waals surface area contributed by atoms with Crippen molar-refractivity contribution < 1.29 is 19.1 Å². The van der Waals surface area contributed by atoms with E-state index in [1.807, 2.05) is 0 Å². The summed E-state index contributed by atoms with van der Waals surface area (Å²) >= 11 is 0. The number of carbonyl (C=O) groups excluding carboxylic acids is 2. The van der Waals surface area contributed by atoms with Gasteiger partial charge in [-0.1, -0.05) is 24.3 Å². The summed E-state index contributed by atoms with van der Waals surface area (Å²) in [6.45, 7) is 3.38. The Morgan fingerprint density at radius 3 is 1.67 bits per heavy atom. The minimum atomic E-state index is -0.586. The fourth-order valence-corrected chi connectivity index (χ4v) is 1.99. The SMILES string of the molecule is C=C1OC(=O)c2ccc(c3ccccc23)C(=O)O1. The molecular formula is C14H8O4. The van der Waals surface area contributed by atoms with E-state index in [1.54, 1.807) is 36.4 Å². The van der Waals surface area contributed by atoms with Crippen molar-refractivity contribution >= 4 is 22.7 Å². The fourth-order valence-electron chi connectivity index (χ4n) is 1.99. The Morgan fingerprint density at radius 1 is 0.778 bits per heavy atom. The smallest absolute Gasteiger partial charge is 0.346 e. The van der Waals surface area contributed by atoms with E-state index in [-0.39, 0.29) is 5.95 Å². The van der Waals surface area contributed by atoms with Gasteiger partial charge >= 0.3 is 11.9 Å². The second-order valence-electron chi connectivity index (χ2n) is 3.86. The van der Waals surface area contributed by atoms with Gasteiger partial charge in [-0.2, -0.15) is 0 Å². The van der Waals surface area contributed by atoms with Crippen LogP contribution in [0.2, 0.25) is 0 Å². The zero-order valence-corrected chi connectivity index (χ0v) is 9.30. The molecule has 0 saturated carbocycles. The highest BCUT2D eigenvalue weighted by atomic mass is 16.7. The summed E-state index contributed by atoms with van der Waals surface area (Å²) in [4.78, 5) is 23.8. The number of esters is 2. The highest BCUT2D eigenvalue weighted by Crippen LogP contribution is 2.27. The number of hydrogen-bond acceptors (Lipinski definition) is 4. The molecule has 4 rings (SSSR count). The van der Waals surface area contributed by atoms with E-state index in [0.717, 1.165) is 0 Å². The molecule has 0 spiro atoms. The Labute approximate surface area is 102 Å². The predicted octanol–water partition coefficient (Wildman–Crippen LogP) is 2.64. The van der Waals surface area contributed by atoms with E-state index in [1.165, 1.54) is 0 Å². The largest absolute Gasteiger partial charge is 0.389 e. The van der Waals surface area contributed by atoms with Crippen molar-refractivity contribution in [3.63, 3.8) is 0 Å². The summed E-state index contributed by atoms with van der Waals surface area (Å²) in [5.41, 5.74) is 0.766. The van der Waals surface area contributed by atoms with Crippen molar-refractivity contribution in [2.24, 2.45) is 0 Å². The van der Waals surface area contributed by atoms with Crippen LogP contribution in [0.15, 0.2) is 48.9 Å². The van der Waals surface area contributed by atoms with Crippen LogP contribution >= 0.6 is 0 Å². The van der Waals surface area contributed by atoms with Crippen molar-refractivity contribution in [2.45, 2.75) is 0 Å². The molecular weight excluding hydrogens is 232 g/mol. The highest BCUT2D eigenvalue weighted by molar-refractivity contribution is 6.12. The van der Waals surface area contributed by atoms with Gasteiger partial charge in [0.1, 0.15) is 0 Å². The first kappa shape index (κ1) is 10.5. The average Bonchev–Trinajstić information content (AvgIpc) is 2.43. The van der Waals surface area contributed by atoms with Crippen LogP contribution in [0.3, 0.4) is 0 Å². The number of hydrogen-bond donors (Lipinski definition) is 0. The molecule has 2 aromatic rings. The lowest BCUT2D eigenvalue weighted by molar-refractivity contribution is 0.0249. The van der Waals surface area contributed by atoms with E-state index in [9.17, 15) is 9.59 Å². The third-order valence-electron chi connectivity index (χ3n) is 2.78. The molecule has 4 nitrogen and oxygen atoms in total. The summed E-state index contributed by atoms with van der Waals surface area (Å²) < 4.78 is 9.70. The van der Waals surface area contributed by atoms with Crippen molar-refractivity contribution in [3.05, 3.63) is 60.0 Å². The normalized spacial score (nSPS) is 14.8. The van der Waals surface area contributed by atoms with Crippen molar-refractivity contribution in [1.82, 2.24) is 0 Å². The van der Waals surface area contributed by atoms with Crippen molar-refractivity contribution in [2.75, 3.05) is 0 Å². The molecule has 0 fully saturated rings. The van der Waals surface area contributed by atoms with Crippen LogP contribution in [0.25, 0.3) is 10.8 Å². The van der Waals surface area contributed by atoms with Crippen molar-refractivity contribution in [3.8, 4) is 0 Å². The average molecular weight is 240 g/mol. The second kappa shape index (κ2) is 3.70. The van der Waals surface area contributed by atoms with Gasteiger partial charge in [-0.05, 0) is 29.5 Å². The van der Waals surface area contributed by atoms with Gasteiger partial charge in [0.2, 0.25) is 0 Å². The van der Waals surface area contributed by atoms with Gasteiger partial charge < -0.3 is 9.47 Å². The van der Waals surface area contributed by atoms with Gasteiger partial charge in [0.15, 0.2) is 0 Å². The Morgan fingerprint density at radius 2 is 1.22 bits per heavy atom. The van der Waals surface area contributed by atoms with E-state index in [4.69, 9.17) is 9.47 Å². The molecule has 2 aliphatic heterocycles. The molecule has 2 aliphatic rings. The molecule has 2 aromatic carbocycles. The van der Waals surface area contributed by atoms with Crippen LogP contribution in [0.5, 0.6) is 0 Å². The Hall–Kier alpha value is -2.62. The van der Waals surface area contributed by atoms with Gasteiger partial charge in [-0.25, -0.2) is 9.59 Å². The molecule has 0 saturated heterocycles. The quantitative estimate of drug-likeness (QED) is 0.664. The molecule has 4 heteroatoms. The summed E-state index contributed by atoms with van der Waals surface area (Å²) in [6.07, 6.45) is 0. The van der Waals surface area contributed by atoms with Gasteiger partial charge in [0, 0.05) is 0 Å². The topological polar surface area (TPSA) is 52.6 Å². The van der Waals surface area contributed by atoms with E-state index in [2.05, 4.69) is 6.58 Å².